The van der Waals surface area contributed by atoms with Crippen molar-refractivity contribution in [3.63, 3.8) is 0 Å². The molecule has 1 heterocycles. The van der Waals surface area contributed by atoms with Crippen LogP contribution in [0.4, 0.5) is 0 Å². The topological polar surface area (TPSA) is 14.2 Å². The molecule has 0 spiro atoms. The zero-order valence-corrected chi connectivity index (χ0v) is 12.7. The minimum absolute atomic E-state index is 0.223. The lowest BCUT2D eigenvalue weighted by molar-refractivity contribution is 0.243. The van der Waals surface area contributed by atoms with Crippen molar-refractivity contribution in [2.45, 2.75) is 53.7 Å². The summed E-state index contributed by atoms with van der Waals surface area (Å²) in [4.78, 5) is 0. The van der Waals surface area contributed by atoms with Crippen molar-refractivity contribution in [1.82, 2.24) is 4.57 Å². The van der Waals surface area contributed by atoms with Gasteiger partial charge in [-0.15, -0.1) is 0 Å². The average molecular weight is 259 g/mol. The lowest BCUT2D eigenvalue weighted by Gasteiger charge is -2.18. The molecule has 19 heavy (non-hydrogen) atoms. The van der Waals surface area contributed by atoms with Gasteiger partial charge in [-0.1, -0.05) is 20.8 Å². The molecule has 0 atom stereocenters. The predicted molar refractivity (Wildman–Crippen MR) is 81.8 cm³/mol. The molecule has 0 unspecified atom stereocenters. The number of fused-ring (bicyclic) bond motifs is 1. The predicted octanol–water partition coefficient (Wildman–Crippen LogP) is 4.86. The number of hydrogen-bond acceptors (Lipinski definition) is 1. The highest BCUT2D eigenvalue weighted by molar-refractivity contribution is 5.81. The molecule has 1 aromatic heterocycles. The van der Waals surface area contributed by atoms with Crippen molar-refractivity contribution >= 4 is 10.9 Å². The van der Waals surface area contributed by atoms with Crippen molar-refractivity contribution < 1.29 is 4.74 Å². The van der Waals surface area contributed by atoms with Crippen LogP contribution in [-0.4, -0.2) is 10.7 Å². The molecular weight excluding hydrogens is 234 g/mol. The Hall–Kier alpha value is -1.44. The summed E-state index contributed by atoms with van der Waals surface area (Å²) in [7, 11) is 0. The standard InChI is InChI=1S/C17H25NO/c1-13(2)19-15-6-7-16-14(12-15)8-10-18(16)11-9-17(3,4)5/h6-8,10,12-13H,9,11H2,1-5H3. The lowest BCUT2D eigenvalue weighted by atomic mass is 9.92. The molecule has 2 nitrogen and oxygen atoms in total. The minimum Gasteiger partial charge on any atom is -0.491 e. The van der Waals surface area contributed by atoms with Crippen molar-refractivity contribution in [2.24, 2.45) is 5.41 Å². The molecule has 0 aliphatic heterocycles. The Balaban J connectivity index is 2.19. The first-order valence-corrected chi connectivity index (χ1v) is 7.11. The second kappa shape index (κ2) is 5.28. The molecular formula is C17H25NO. The van der Waals surface area contributed by atoms with Crippen LogP contribution in [0.2, 0.25) is 0 Å². The summed E-state index contributed by atoms with van der Waals surface area (Å²) in [5.41, 5.74) is 1.66. The third-order valence-corrected chi connectivity index (χ3v) is 3.22. The molecule has 1 aromatic carbocycles. The molecule has 0 aliphatic carbocycles. The summed E-state index contributed by atoms with van der Waals surface area (Å²) in [6.07, 6.45) is 3.58. The van der Waals surface area contributed by atoms with Crippen molar-refractivity contribution in [3.8, 4) is 5.75 Å². The number of hydrogen-bond donors (Lipinski definition) is 0. The molecule has 104 valence electrons. The van der Waals surface area contributed by atoms with Gasteiger partial charge >= 0.3 is 0 Å². The Morgan fingerprint density at radius 2 is 1.89 bits per heavy atom. The van der Waals surface area contributed by atoms with E-state index in [4.69, 9.17) is 4.74 Å². The van der Waals surface area contributed by atoms with E-state index in [1.54, 1.807) is 0 Å². The highest BCUT2D eigenvalue weighted by Gasteiger charge is 2.11. The maximum absolute atomic E-state index is 5.74. The zero-order valence-electron chi connectivity index (χ0n) is 12.7. The Kier molecular flexibility index (Phi) is 3.88. The van der Waals surface area contributed by atoms with Gasteiger partial charge in [-0.3, -0.25) is 0 Å². The number of aromatic nitrogens is 1. The maximum Gasteiger partial charge on any atom is 0.120 e. The quantitative estimate of drug-likeness (QED) is 0.764. The van der Waals surface area contributed by atoms with Gasteiger partial charge in [0.2, 0.25) is 0 Å². The van der Waals surface area contributed by atoms with E-state index in [0.717, 1.165) is 12.3 Å². The Morgan fingerprint density at radius 1 is 1.16 bits per heavy atom. The molecule has 0 aliphatic rings. The molecule has 2 aromatic rings. The first-order valence-electron chi connectivity index (χ1n) is 7.11. The van der Waals surface area contributed by atoms with Crippen molar-refractivity contribution in [1.29, 1.82) is 0 Å². The number of ether oxygens (including phenoxy) is 1. The summed E-state index contributed by atoms with van der Waals surface area (Å²) in [5.74, 6) is 0.955. The van der Waals surface area contributed by atoms with Gasteiger partial charge in [0.25, 0.3) is 0 Å². The fourth-order valence-electron chi connectivity index (χ4n) is 2.17. The van der Waals surface area contributed by atoms with Gasteiger partial charge in [-0.05, 0) is 49.9 Å². The second-order valence-corrected chi connectivity index (χ2v) is 6.71. The van der Waals surface area contributed by atoms with Gasteiger partial charge in [0.1, 0.15) is 5.75 Å². The first kappa shape index (κ1) is 14.0. The summed E-state index contributed by atoms with van der Waals surface area (Å²) in [6, 6.07) is 8.53. The van der Waals surface area contributed by atoms with Gasteiger partial charge < -0.3 is 9.30 Å². The maximum atomic E-state index is 5.74. The van der Waals surface area contributed by atoms with Crippen LogP contribution in [0.1, 0.15) is 41.0 Å². The molecule has 2 rings (SSSR count). The normalized spacial score (nSPS) is 12.3. The first-order chi connectivity index (χ1) is 8.85. The molecule has 0 bridgehead atoms. The van der Waals surface area contributed by atoms with E-state index in [1.807, 2.05) is 0 Å². The van der Waals surface area contributed by atoms with E-state index in [0.29, 0.717) is 5.41 Å². The van der Waals surface area contributed by atoms with Crippen LogP contribution in [0.5, 0.6) is 5.75 Å². The SMILES string of the molecule is CC(C)Oc1ccc2c(ccn2CCC(C)(C)C)c1. The van der Waals surface area contributed by atoms with E-state index in [2.05, 4.69) is 69.6 Å². The van der Waals surface area contributed by atoms with Crippen LogP contribution in [0.3, 0.4) is 0 Å². The van der Waals surface area contributed by atoms with E-state index >= 15 is 0 Å². The van der Waals surface area contributed by atoms with Crippen molar-refractivity contribution in [3.05, 3.63) is 30.5 Å². The minimum atomic E-state index is 0.223. The highest BCUT2D eigenvalue weighted by Crippen LogP contribution is 2.25. The van der Waals surface area contributed by atoms with Gasteiger partial charge in [0.15, 0.2) is 0 Å². The lowest BCUT2D eigenvalue weighted by Crippen LogP contribution is -2.09. The number of aryl methyl sites for hydroxylation is 1. The van der Waals surface area contributed by atoms with Crippen LogP contribution in [0.25, 0.3) is 10.9 Å². The highest BCUT2D eigenvalue weighted by atomic mass is 16.5. The largest absolute Gasteiger partial charge is 0.491 e. The molecule has 0 amide bonds. The summed E-state index contributed by atoms with van der Waals surface area (Å²) >= 11 is 0. The van der Waals surface area contributed by atoms with Crippen LogP contribution in [0, 0.1) is 5.41 Å². The van der Waals surface area contributed by atoms with Gasteiger partial charge in [-0.25, -0.2) is 0 Å². The molecule has 0 N–H and O–H groups in total. The summed E-state index contributed by atoms with van der Waals surface area (Å²) in [5, 5.41) is 1.26. The van der Waals surface area contributed by atoms with E-state index in [1.165, 1.54) is 17.3 Å². The van der Waals surface area contributed by atoms with E-state index in [9.17, 15) is 0 Å². The molecule has 0 radical (unpaired) electrons. The number of benzene rings is 1. The third kappa shape index (κ3) is 3.76. The Labute approximate surface area is 116 Å². The second-order valence-electron chi connectivity index (χ2n) is 6.71. The smallest absolute Gasteiger partial charge is 0.120 e. The fraction of sp³-hybridized carbons (Fsp3) is 0.529. The van der Waals surface area contributed by atoms with Crippen molar-refractivity contribution in [2.75, 3.05) is 0 Å². The molecule has 0 fully saturated rings. The van der Waals surface area contributed by atoms with E-state index < -0.39 is 0 Å². The number of nitrogens with zero attached hydrogens (tertiary/aromatic N) is 1. The van der Waals surface area contributed by atoms with Gasteiger partial charge in [0.05, 0.1) is 6.10 Å². The molecule has 0 saturated heterocycles. The zero-order chi connectivity index (χ0) is 14.0. The van der Waals surface area contributed by atoms with Gasteiger partial charge in [-0.2, -0.15) is 0 Å². The van der Waals surface area contributed by atoms with E-state index in [-0.39, 0.29) is 6.10 Å². The summed E-state index contributed by atoms with van der Waals surface area (Å²) in [6.45, 7) is 12.0. The van der Waals surface area contributed by atoms with Crippen LogP contribution < -0.4 is 4.74 Å². The third-order valence-electron chi connectivity index (χ3n) is 3.22. The summed E-state index contributed by atoms with van der Waals surface area (Å²) < 4.78 is 8.07. The van der Waals surface area contributed by atoms with Crippen LogP contribution in [0.15, 0.2) is 30.5 Å². The Bertz CT molecular complexity index is 546. The number of rotatable bonds is 4. The monoisotopic (exact) mass is 259 g/mol. The molecule has 0 saturated carbocycles. The fourth-order valence-corrected chi connectivity index (χ4v) is 2.17. The van der Waals surface area contributed by atoms with Gasteiger partial charge in [0, 0.05) is 23.6 Å². The van der Waals surface area contributed by atoms with Crippen LogP contribution in [-0.2, 0) is 6.54 Å². The average Bonchev–Trinajstić information content (AvgIpc) is 2.67. The molecule has 2 heteroatoms. The Morgan fingerprint density at radius 3 is 2.53 bits per heavy atom. The van der Waals surface area contributed by atoms with Crippen LogP contribution >= 0.6 is 0 Å².